The smallest absolute Gasteiger partial charge is 0.408 e. The first-order chi connectivity index (χ1) is 13.1. The third-order valence-electron chi connectivity index (χ3n) is 3.30. The third-order valence-corrected chi connectivity index (χ3v) is 3.83. The molecule has 1 atom stereocenters. The summed E-state index contributed by atoms with van der Waals surface area (Å²) in [6.07, 6.45) is 2.45. The first-order valence-electron chi connectivity index (χ1n) is 9.02. The highest BCUT2D eigenvalue weighted by Gasteiger charge is 2.16. The SMILES string of the molecule is C=CCOCC(NC(=O)OCc1ccccc1)c1ccc(Br)cc1.CCC. The molecule has 0 heterocycles. The Morgan fingerprint density at radius 1 is 1.15 bits per heavy atom. The van der Waals surface area contributed by atoms with Crippen LogP contribution in [0, 0.1) is 0 Å². The molecule has 0 aromatic heterocycles. The van der Waals surface area contributed by atoms with Gasteiger partial charge in [-0.05, 0) is 23.3 Å². The minimum absolute atomic E-state index is 0.229. The zero-order chi connectivity index (χ0) is 19.9. The fraction of sp³-hybridized carbons (Fsp3) is 0.318. The molecule has 0 bridgehead atoms. The lowest BCUT2D eigenvalue weighted by Gasteiger charge is -2.19. The third kappa shape index (κ3) is 9.97. The Hall–Kier alpha value is -2.11. The van der Waals surface area contributed by atoms with Crippen molar-refractivity contribution in [2.45, 2.75) is 32.9 Å². The maximum absolute atomic E-state index is 12.1. The van der Waals surface area contributed by atoms with Crippen molar-refractivity contribution in [2.24, 2.45) is 0 Å². The predicted octanol–water partition coefficient (Wildman–Crippen LogP) is 6.04. The Labute approximate surface area is 170 Å². The molecule has 0 fully saturated rings. The van der Waals surface area contributed by atoms with E-state index in [2.05, 4.69) is 41.7 Å². The zero-order valence-electron chi connectivity index (χ0n) is 16.0. The van der Waals surface area contributed by atoms with Gasteiger partial charge in [-0.3, -0.25) is 0 Å². The van der Waals surface area contributed by atoms with Gasteiger partial charge in [0.05, 0.1) is 19.3 Å². The van der Waals surface area contributed by atoms with E-state index in [1.54, 1.807) is 6.08 Å². The highest BCUT2D eigenvalue weighted by atomic mass is 79.9. The summed E-state index contributed by atoms with van der Waals surface area (Å²) >= 11 is 3.40. The number of halogens is 1. The first-order valence-corrected chi connectivity index (χ1v) is 9.81. The van der Waals surface area contributed by atoms with Gasteiger partial charge in [0.15, 0.2) is 0 Å². The molecule has 0 radical (unpaired) electrons. The summed E-state index contributed by atoms with van der Waals surface area (Å²) < 4.78 is 11.7. The number of alkyl carbamates (subject to hydrolysis) is 1. The van der Waals surface area contributed by atoms with Crippen LogP contribution in [0.2, 0.25) is 0 Å². The monoisotopic (exact) mass is 433 g/mol. The van der Waals surface area contributed by atoms with Gasteiger partial charge in [-0.25, -0.2) is 4.79 Å². The van der Waals surface area contributed by atoms with Gasteiger partial charge in [-0.2, -0.15) is 0 Å². The summed E-state index contributed by atoms with van der Waals surface area (Å²) in [5.41, 5.74) is 1.88. The van der Waals surface area contributed by atoms with Crippen LogP contribution in [0.3, 0.4) is 0 Å². The van der Waals surface area contributed by atoms with E-state index in [9.17, 15) is 4.79 Å². The summed E-state index contributed by atoms with van der Waals surface area (Å²) in [7, 11) is 0. The second kappa shape index (κ2) is 14.0. The van der Waals surface area contributed by atoms with Gasteiger partial charge in [-0.15, -0.1) is 6.58 Å². The number of hydrogen-bond donors (Lipinski definition) is 1. The number of rotatable bonds is 8. The van der Waals surface area contributed by atoms with E-state index in [0.717, 1.165) is 15.6 Å². The maximum Gasteiger partial charge on any atom is 0.408 e. The molecule has 5 heteroatoms. The Kier molecular flexibility index (Phi) is 11.9. The van der Waals surface area contributed by atoms with Crippen LogP contribution in [-0.4, -0.2) is 19.3 Å². The summed E-state index contributed by atoms with van der Waals surface area (Å²) in [4.78, 5) is 12.1. The van der Waals surface area contributed by atoms with E-state index in [1.807, 2.05) is 54.6 Å². The lowest BCUT2D eigenvalue weighted by Crippen LogP contribution is -2.32. The van der Waals surface area contributed by atoms with Gasteiger partial charge in [0.2, 0.25) is 0 Å². The number of nitrogens with one attached hydrogen (secondary N) is 1. The molecule has 0 aliphatic rings. The minimum Gasteiger partial charge on any atom is -0.445 e. The number of ether oxygens (including phenoxy) is 2. The van der Waals surface area contributed by atoms with Crippen molar-refractivity contribution in [3.8, 4) is 0 Å². The van der Waals surface area contributed by atoms with Crippen LogP contribution in [0.15, 0.2) is 71.7 Å². The second-order valence-corrected chi connectivity index (χ2v) is 6.76. The van der Waals surface area contributed by atoms with Gasteiger partial charge in [0.25, 0.3) is 0 Å². The average molecular weight is 434 g/mol. The molecule has 1 N–H and O–H groups in total. The lowest BCUT2D eigenvalue weighted by molar-refractivity contribution is 0.111. The Morgan fingerprint density at radius 3 is 2.37 bits per heavy atom. The summed E-state index contributed by atoms with van der Waals surface area (Å²) in [6.45, 7) is 8.87. The Morgan fingerprint density at radius 2 is 1.78 bits per heavy atom. The predicted molar refractivity (Wildman–Crippen MR) is 114 cm³/mol. The highest BCUT2D eigenvalue weighted by Crippen LogP contribution is 2.18. The van der Waals surface area contributed by atoms with E-state index in [4.69, 9.17) is 9.47 Å². The number of carbonyl (C=O) groups is 1. The Balaban J connectivity index is 0.00000114. The highest BCUT2D eigenvalue weighted by molar-refractivity contribution is 9.10. The van der Waals surface area contributed by atoms with E-state index >= 15 is 0 Å². The number of benzene rings is 2. The van der Waals surface area contributed by atoms with Crippen LogP contribution in [-0.2, 0) is 16.1 Å². The van der Waals surface area contributed by atoms with Crippen LogP contribution >= 0.6 is 15.9 Å². The van der Waals surface area contributed by atoms with Crippen LogP contribution in [0.4, 0.5) is 4.79 Å². The van der Waals surface area contributed by atoms with Crippen molar-refractivity contribution in [3.05, 3.63) is 82.9 Å². The van der Waals surface area contributed by atoms with E-state index < -0.39 is 6.09 Å². The van der Waals surface area contributed by atoms with Crippen LogP contribution in [0.25, 0.3) is 0 Å². The molecule has 146 valence electrons. The van der Waals surface area contributed by atoms with Crippen molar-refractivity contribution < 1.29 is 14.3 Å². The van der Waals surface area contributed by atoms with E-state index in [-0.39, 0.29) is 12.6 Å². The molecule has 2 rings (SSSR count). The molecule has 1 unspecified atom stereocenters. The molecule has 4 nitrogen and oxygen atoms in total. The molecule has 2 aromatic rings. The lowest BCUT2D eigenvalue weighted by atomic mass is 10.1. The molecule has 27 heavy (non-hydrogen) atoms. The van der Waals surface area contributed by atoms with Gasteiger partial charge in [0.1, 0.15) is 6.61 Å². The van der Waals surface area contributed by atoms with Gasteiger partial charge in [0, 0.05) is 4.47 Å². The van der Waals surface area contributed by atoms with Crippen molar-refractivity contribution in [3.63, 3.8) is 0 Å². The summed E-state index contributed by atoms with van der Waals surface area (Å²) in [5.74, 6) is 0. The largest absolute Gasteiger partial charge is 0.445 e. The standard InChI is InChI=1S/C19H20BrNO3.C3H8/c1-2-12-23-14-18(16-8-10-17(20)11-9-16)21-19(22)24-13-15-6-4-3-5-7-15;1-3-2/h2-11,18H,1,12-14H2,(H,21,22);3H2,1-2H3. The molecule has 0 aliphatic heterocycles. The molecule has 1 amide bonds. The summed E-state index contributed by atoms with van der Waals surface area (Å²) in [5, 5.41) is 2.85. The van der Waals surface area contributed by atoms with Crippen LogP contribution < -0.4 is 5.32 Å². The molecule has 0 saturated carbocycles. The van der Waals surface area contributed by atoms with Crippen molar-refractivity contribution in [1.82, 2.24) is 5.32 Å². The van der Waals surface area contributed by atoms with Crippen LogP contribution in [0.5, 0.6) is 0 Å². The quantitative estimate of drug-likeness (QED) is 0.407. The van der Waals surface area contributed by atoms with Crippen molar-refractivity contribution in [2.75, 3.05) is 13.2 Å². The molecular formula is C22H28BrNO3. The zero-order valence-corrected chi connectivity index (χ0v) is 17.6. The maximum atomic E-state index is 12.1. The molecule has 0 saturated heterocycles. The minimum atomic E-state index is -0.478. The van der Waals surface area contributed by atoms with E-state index in [0.29, 0.717) is 13.2 Å². The number of amides is 1. The Bertz CT molecular complexity index is 659. The van der Waals surface area contributed by atoms with E-state index in [1.165, 1.54) is 6.42 Å². The molecular weight excluding hydrogens is 406 g/mol. The fourth-order valence-electron chi connectivity index (χ4n) is 2.09. The van der Waals surface area contributed by atoms with Crippen molar-refractivity contribution >= 4 is 22.0 Å². The molecule has 2 aromatic carbocycles. The topological polar surface area (TPSA) is 47.6 Å². The summed E-state index contributed by atoms with van der Waals surface area (Å²) in [6, 6.07) is 17.0. The average Bonchev–Trinajstić information content (AvgIpc) is 2.68. The van der Waals surface area contributed by atoms with Crippen molar-refractivity contribution in [1.29, 1.82) is 0 Å². The first kappa shape index (κ1) is 22.9. The number of carbonyl (C=O) groups excluding carboxylic acids is 1. The van der Waals surface area contributed by atoms with Gasteiger partial charge in [-0.1, -0.05) is 84.7 Å². The number of hydrogen-bond acceptors (Lipinski definition) is 3. The van der Waals surface area contributed by atoms with Gasteiger partial charge < -0.3 is 14.8 Å². The van der Waals surface area contributed by atoms with Gasteiger partial charge >= 0.3 is 6.09 Å². The normalized spacial score (nSPS) is 10.9. The molecule has 0 aliphatic carbocycles. The second-order valence-electron chi connectivity index (χ2n) is 5.84. The van der Waals surface area contributed by atoms with Crippen LogP contribution in [0.1, 0.15) is 37.4 Å². The molecule has 0 spiro atoms. The fourth-order valence-corrected chi connectivity index (χ4v) is 2.36.